The maximum atomic E-state index is 10.8. The molecule has 0 amide bonds. The molecule has 0 radical (unpaired) electrons. The van der Waals surface area contributed by atoms with Gasteiger partial charge < -0.3 is 15.2 Å². The molecule has 2 rings (SSSR count). The fourth-order valence-corrected chi connectivity index (χ4v) is 2.41. The van der Waals surface area contributed by atoms with Gasteiger partial charge in [-0.3, -0.25) is 0 Å². The lowest BCUT2D eigenvalue weighted by Gasteiger charge is -2.12. The molecule has 2 N–H and O–H groups in total. The molecule has 0 spiro atoms. The molecule has 1 fully saturated rings. The first kappa shape index (κ1) is 14.0. The van der Waals surface area contributed by atoms with E-state index in [4.69, 9.17) is 9.84 Å². The SMILES string of the molecule is Cc1ccccc1CCNCC1CCC(C(=O)O)O1. The Labute approximate surface area is 113 Å². The van der Waals surface area contributed by atoms with E-state index in [1.54, 1.807) is 0 Å². The fraction of sp³-hybridized carbons (Fsp3) is 0.533. The maximum absolute atomic E-state index is 10.8. The minimum atomic E-state index is -0.845. The predicted molar refractivity (Wildman–Crippen MR) is 73.3 cm³/mol. The summed E-state index contributed by atoms with van der Waals surface area (Å²) in [6, 6.07) is 8.36. The van der Waals surface area contributed by atoms with Gasteiger partial charge in [0.15, 0.2) is 6.10 Å². The van der Waals surface area contributed by atoms with Gasteiger partial charge in [-0.15, -0.1) is 0 Å². The average Bonchev–Trinajstić information content (AvgIpc) is 2.85. The van der Waals surface area contributed by atoms with Gasteiger partial charge in [0.05, 0.1) is 6.10 Å². The van der Waals surface area contributed by atoms with Crippen molar-refractivity contribution in [2.75, 3.05) is 13.1 Å². The molecule has 0 aromatic heterocycles. The van der Waals surface area contributed by atoms with E-state index in [9.17, 15) is 4.79 Å². The molecule has 1 aliphatic heterocycles. The van der Waals surface area contributed by atoms with Crippen molar-refractivity contribution < 1.29 is 14.6 Å². The molecule has 0 aliphatic carbocycles. The highest BCUT2D eigenvalue weighted by Gasteiger charge is 2.29. The summed E-state index contributed by atoms with van der Waals surface area (Å²) in [5, 5.41) is 12.2. The van der Waals surface area contributed by atoms with Crippen LogP contribution in [0.5, 0.6) is 0 Å². The Morgan fingerprint density at radius 1 is 1.42 bits per heavy atom. The number of carboxylic acids is 1. The lowest BCUT2D eigenvalue weighted by Crippen LogP contribution is -2.30. The minimum absolute atomic E-state index is 0.0398. The Morgan fingerprint density at radius 3 is 2.89 bits per heavy atom. The van der Waals surface area contributed by atoms with Crippen molar-refractivity contribution >= 4 is 5.97 Å². The summed E-state index contributed by atoms with van der Waals surface area (Å²) >= 11 is 0. The van der Waals surface area contributed by atoms with Crippen LogP contribution in [0.15, 0.2) is 24.3 Å². The molecule has 2 unspecified atom stereocenters. The number of rotatable bonds is 6. The molecule has 1 aromatic carbocycles. The van der Waals surface area contributed by atoms with Crippen molar-refractivity contribution in [1.82, 2.24) is 5.32 Å². The largest absolute Gasteiger partial charge is 0.479 e. The molecular formula is C15H21NO3. The lowest BCUT2D eigenvalue weighted by atomic mass is 10.1. The smallest absolute Gasteiger partial charge is 0.332 e. The Hall–Kier alpha value is -1.39. The number of aryl methyl sites for hydroxylation is 1. The van der Waals surface area contributed by atoms with Gasteiger partial charge in [-0.1, -0.05) is 24.3 Å². The Balaban J connectivity index is 1.65. The van der Waals surface area contributed by atoms with Gasteiger partial charge in [-0.25, -0.2) is 4.79 Å². The second-order valence-corrected chi connectivity index (χ2v) is 5.04. The number of benzene rings is 1. The average molecular weight is 263 g/mol. The first-order valence-corrected chi connectivity index (χ1v) is 6.80. The number of nitrogens with one attached hydrogen (secondary N) is 1. The topological polar surface area (TPSA) is 58.6 Å². The third kappa shape index (κ3) is 4.04. The molecule has 19 heavy (non-hydrogen) atoms. The van der Waals surface area contributed by atoms with Gasteiger partial charge >= 0.3 is 5.97 Å². The molecule has 0 saturated carbocycles. The van der Waals surface area contributed by atoms with Crippen molar-refractivity contribution in [2.45, 2.75) is 38.4 Å². The third-order valence-electron chi connectivity index (χ3n) is 3.59. The van der Waals surface area contributed by atoms with Crippen LogP contribution < -0.4 is 5.32 Å². The summed E-state index contributed by atoms with van der Waals surface area (Å²) in [4.78, 5) is 10.8. The van der Waals surface area contributed by atoms with E-state index in [0.29, 0.717) is 6.42 Å². The van der Waals surface area contributed by atoms with E-state index < -0.39 is 12.1 Å². The zero-order chi connectivity index (χ0) is 13.7. The van der Waals surface area contributed by atoms with Crippen molar-refractivity contribution in [3.8, 4) is 0 Å². The predicted octanol–water partition coefficient (Wildman–Crippen LogP) is 1.76. The highest BCUT2D eigenvalue weighted by Crippen LogP contribution is 2.19. The molecule has 4 heteroatoms. The Bertz CT molecular complexity index is 433. The Morgan fingerprint density at radius 2 is 2.21 bits per heavy atom. The van der Waals surface area contributed by atoms with E-state index >= 15 is 0 Å². The number of ether oxygens (including phenoxy) is 1. The van der Waals surface area contributed by atoms with Gasteiger partial charge in [0.2, 0.25) is 0 Å². The quantitative estimate of drug-likeness (QED) is 0.768. The van der Waals surface area contributed by atoms with E-state index in [1.807, 2.05) is 6.07 Å². The van der Waals surface area contributed by atoms with Gasteiger partial charge in [-0.05, 0) is 43.9 Å². The molecule has 104 valence electrons. The zero-order valence-corrected chi connectivity index (χ0v) is 11.3. The second-order valence-electron chi connectivity index (χ2n) is 5.04. The van der Waals surface area contributed by atoms with Crippen LogP contribution >= 0.6 is 0 Å². The number of aliphatic carboxylic acids is 1. The summed E-state index contributed by atoms with van der Waals surface area (Å²) in [5.74, 6) is -0.845. The lowest BCUT2D eigenvalue weighted by molar-refractivity contribution is -0.149. The molecular weight excluding hydrogens is 242 g/mol. The Kier molecular flexibility index (Phi) is 4.93. The first-order valence-electron chi connectivity index (χ1n) is 6.80. The number of hydrogen-bond acceptors (Lipinski definition) is 3. The molecule has 1 aliphatic rings. The summed E-state index contributed by atoms with van der Waals surface area (Å²) in [6.07, 6.45) is 1.87. The molecule has 0 bridgehead atoms. The number of hydrogen-bond donors (Lipinski definition) is 2. The van der Waals surface area contributed by atoms with Crippen LogP contribution in [0.4, 0.5) is 0 Å². The van der Waals surface area contributed by atoms with Crippen LogP contribution in [-0.4, -0.2) is 36.4 Å². The van der Waals surface area contributed by atoms with E-state index in [0.717, 1.165) is 25.9 Å². The van der Waals surface area contributed by atoms with Crippen LogP contribution in [0.1, 0.15) is 24.0 Å². The molecule has 2 atom stereocenters. The van der Waals surface area contributed by atoms with Crippen LogP contribution in [0.25, 0.3) is 0 Å². The second kappa shape index (κ2) is 6.68. The summed E-state index contributed by atoms with van der Waals surface area (Å²) in [5.41, 5.74) is 2.66. The van der Waals surface area contributed by atoms with Crippen LogP contribution in [0, 0.1) is 6.92 Å². The summed E-state index contributed by atoms with van der Waals surface area (Å²) < 4.78 is 5.44. The highest BCUT2D eigenvalue weighted by molar-refractivity contribution is 5.72. The molecule has 1 saturated heterocycles. The van der Waals surface area contributed by atoms with Crippen molar-refractivity contribution in [3.05, 3.63) is 35.4 Å². The zero-order valence-electron chi connectivity index (χ0n) is 11.3. The van der Waals surface area contributed by atoms with Crippen molar-refractivity contribution in [3.63, 3.8) is 0 Å². The van der Waals surface area contributed by atoms with E-state index in [-0.39, 0.29) is 6.10 Å². The maximum Gasteiger partial charge on any atom is 0.332 e. The standard InChI is InChI=1S/C15H21NO3/c1-11-4-2-3-5-12(11)8-9-16-10-13-6-7-14(19-13)15(17)18/h2-5,13-14,16H,6-10H2,1H3,(H,17,18). The number of carbonyl (C=O) groups is 1. The van der Waals surface area contributed by atoms with Crippen LogP contribution in [0.3, 0.4) is 0 Å². The van der Waals surface area contributed by atoms with Gasteiger partial charge in [-0.2, -0.15) is 0 Å². The van der Waals surface area contributed by atoms with Gasteiger partial charge in [0.25, 0.3) is 0 Å². The normalized spacial score (nSPS) is 22.6. The monoisotopic (exact) mass is 263 g/mol. The third-order valence-corrected chi connectivity index (χ3v) is 3.59. The van der Waals surface area contributed by atoms with Crippen LogP contribution in [-0.2, 0) is 16.0 Å². The van der Waals surface area contributed by atoms with E-state index in [2.05, 4.69) is 30.4 Å². The highest BCUT2D eigenvalue weighted by atomic mass is 16.5. The summed E-state index contributed by atoms with van der Waals surface area (Å²) in [7, 11) is 0. The minimum Gasteiger partial charge on any atom is -0.479 e. The molecule has 4 nitrogen and oxygen atoms in total. The summed E-state index contributed by atoms with van der Waals surface area (Å²) in [6.45, 7) is 3.74. The van der Waals surface area contributed by atoms with Crippen molar-refractivity contribution in [1.29, 1.82) is 0 Å². The van der Waals surface area contributed by atoms with Gasteiger partial charge in [0.1, 0.15) is 0 Å². The molecule has 1 aromatic rings. The number of carboxylic acid groups (broad SMARTS) is 1. The molecule has 1 heterocycles. The van der Waals surface area contributed by atoms with Crippen molar-refractivity contribution in [2.24, 2.45) is 0 Å². The van der Waals surface area contributed by atoms with Crippen LogP contribution in [0.2, 0.25) is 0 Å². The van der Waals surface area contributed by atoms with Gasteiger partial charge in [0, 0.05) is 6.54 Å². The fourth-order valence-electron chi connectivity index (χ4n) is 2.41. The van der Waals surface area contributed by atoms with E-state index in [1.165, 1.54) is 11.1 Å². The first-order chi connectivity index (χ1) is 9.16.